The molecule has 1 N–H and O–H groups in total. The summed E-state index contributed by atoms with van der Waals surface area (Å²) in [6.07, 6.45) is 0. The average molecular weight is 269 g/mol. The van der Waals surface area contributed by atoms with E-state index in [4.69, 9.17) is 11.6 Å². The van der Waals surface area contributed by atoms with Crippen LogP contribution in [-0.2, 0) is 4.79 Å². The van der Waals surface area contributed by atoms with E-state index < -0.39 is 6.03 Å². The number of anilines is 1. The SMILES string of the molecule is O=C1CN(c2c(Cl)ccc3nsnc23)C(=O)N1. The van der Waals surface area contributed by atoms with Crippen LogP contribution in [0.3, 0.4) is 0 Å². The Morgan fingerprint density at radius 3 is 2.88 bits per heavy atom. The predicted molar refractivity (Wildman–Crippen MR) is 63.3 cm³/mol. The van der Waals surface area contributed by atoms with Gasteiger partial charge < -0.3 is 0 Å². The lowest BCUT2D eigenvalue weighted by Gasteiger charge is -2.14. The first-order chi connectivity index (χ1) is 8.16. The first-order valence-electron chi connectivity index (χ1n) is 4.69. The van der Waals surface area contributed by atoms with Crippen molar-refractivity contribution in [2.75, 3.05) is 11.4 Å². The van der Waals surface area contributed by atoms with E-state index in [1.165, 1.54) is 4.90 Å². The van der Waals surface area contributed by atoms with Gasteiger partial charge in [0.05, 0.1) is 22.4 Å². The summed E-state index contributed by atoms with van der Waals surface area (Å²) in [5.41, 5.74) is 1.62. The van der Waals surface area contributed by atoms with Crippen molar-refractivity contribution in [3.8, 4) is 0 Å². The molecule has 86 valence electrons. The second kappa shape index (κ2) is 3.64. The largest absolute Gasteiger partial charge is 0.329 e. The van der Waals surface area contributed by atoms with Gasteiger partial charge in [-0.25, -0.2) is 4.79 Å². The maximum atomic E-state index is 11.6. The molecule has 0 spiro atoms. The number of carbonyl (C=O) groups excluding carboxylic acids is 2. The molecule has 0 aliphatic carbocycles. The summed E-state index contributed by atoms with van der Waals surface area (Å²) in [5, 5.41) is 2.56. The van der Waals surface area contributed by atoms with E-state index in [1.54, 1.807) is 12.1 Å². The fourth-order valence-electron chi connectivity index (χ4n) is 1.69. The molecule has 1 aliphatic heterocycles. The van der Waals surface area contributed by atoms with Gasteiger partial charge in [0.1, 0.15) is 17.6 Å². The minimum absolute atomic E-state index is 0.0464. The minimum atomic E-state index is -0.489. The molecule has 1 aliphatic rings. The van der Waals surface area contributed by atoms with E-state index in [0.29, 0.717) is 21.7 Å². The van der Waals surface area contributed by atoms with Crippen molar-refractivity contribution in [1.29, 1.82) is 0 Å². The van der Waals surface area contributed by atoms with Crippen LogP contribution in [0, 0.1) is 0 Å². The second-order valence-electron chi connectivity index (χ2n) is 3.47. The van der Waals surface area contributed by atoms with E-state index in [2.05, 4.69) is 14.1 Å². The van der Waals surface area contributed by atoms with Gasteiger partial charge in [-0.3, -0.25) is 15.0 Å². The van der Waals surface area contributed by atoms with E-state index >= 15 is 0 Å². The lowest BCUT2D eigenvalue weighted by molar-refractivity contribution is -0.117. The average Bonchev–Trinajstić information content (AvgIpc) is 2.85. The molecule has 1 saturated heterocycles. The van der Waals surface area contributed by atoms with Crippen LogP contribution in [0.4, 0.5) is 10.5 Å². The number of urea groups is 1. The summed E-state index contributed by atoms with van der Waals surface area (Å²) in [6.45, 7) is -0.0464. The third-order valence-corrected chi connectivity index (χ3v) is 3.26. The summed E-state index contributed by atoms with van der Waals surface area (Å²) in [7, 11) is 0. The number of nitrogens with one attached hydrogen (secondary N) is 1. The maximum absolute atomic E-state index is 11.6. The van der Waals surface area contributed by atoms with Crippen molar-refractivity contribution < 1.29 is 9.59 Å². The predicted octanol–water partition coefficient (Wildman–Crippen LogP) is 1.40. The van der Waals surface area contributed by atoms with Crippen LogP contribution in [0.2, 0.25) is 5.02 Å². The Balaban J connectivity index is 2.22. The number of aromatic nitrogens is 2. The first-order valence-corrected chi connectivity index (χ1v) is 5.80. The van der Waals surface area contributed by atoms with E-state index in [-0.39, 0.29) is 12.5 Å². The number of hydrogen-bond donors (Lipinski definition) is 1. The highest BCUT2D eigenvalue weighted by Gasteiger charge is 2.31. The van der Waals surface area contributed by atoms with E-state index in [0.717, 1.165) is 11.7 Å². The van der Waals surface area contributed by atoms with Gasteiger partial charge in [0.2, 0.25) is 5.91 Å². The number of benzene rings is 1. The normalized spacial score (nSPS) is 15.7. The molecule has 0 atom stereocenters. The summed E-state index contributed by atoms with van der Waals surface area (Å²) in [4.78, 5) is 24.0. The van der Waals surface area contributed by atoms with Gasteiger partial charge in [0, 0.05) is 0 Å². The van der Waals surface area contributed by atoms with E-state index in [1.807, 2.05) is 0 Å². The van der Waals surface area contributed by atoms with Gasteiger partial charge in [-0.1, -0.05) is 11.6 Å². The number of imide groups is 1. The molecule has 17 heavy (non-hydrogen) atoms. The number of rotatable bonds is 1. The van der Waals surface area contributed by atoms with Crippen LogP contribution in [0.25, 0.3) is 11.0 Å². The first kappa shape index (κ1) is 10.4. The van der Waals surface area contributed by atoms with Crippen LogP contribution in [-0.4, -0.2) is 27.2 Å². The van der Waals surface area contributed by atoms with Gasteiger partial charge in [0.15, 0.2) is 0 Å². The molecule has 0 saturated carbocycles. The van der Waals surface area contributed by atoms with Crippen molar-refractivity contribution in [1.82, 2.24) is 14.1 Å². The minimum Gasteiger partial charge on any atom is -0.281 e. The standard InChI is InChI=1S/C9H5ClN4O2S/c10-4-1-2-5-7(13-17-12-5)8(4)14-3-6(15)11-9(14)16/h1-2H,3H2,(H,11,15,16). The fraction of sp³-hybridized carbons (Fsp3) is 0.111. The maximum Gasteiger partial charge on any atom is 0.329 e. The van der Waals surface area contributed by atoms with Crippen molar-refractivity contribution in [2.45, 2.75) is 0 Å². The Morgan fingerprint density at radius 1 is 1.35 bits per heavy atom. The smallest absolute Gasteiger partial charge is 0.281 e. The van der Waals surface area contributed by atoms with Crippen LogP contribution < -0.4 is 10.2 Å². The number of amides is 3. The molecule has 1 aromatic heterocycles. The van der Waals surface area contributed by atoms with Crippen LogP contribution in [0.15, 0.2) is 12.1 Å². The number of fused-ring (bicyclic) bond motifs is 1. The van der Waals surface area contributed by atoms with Crippen LogP contribution in [0.1, 0.15) is 0 Å². The molecule has 0 unspecified atom stereocenters. The quantitative estimate of drug-likeness (QED) is 0.794. The highest BCUT2D eigenvalue weighted by atomic mass is 35.5. The monoisotopic (exact) mass is 268 g/mol. The molecule has 0 bridgehead atoms. The lowest BCUT2D eigenvalue weighted by Crippen LogP contribution is -2.28. The third-order valence-electron chi connectivity index (χ3n) is 2.42. The zero-order chi connectivity index (χ0) is 12.0. The molecule has 1 aromatic carbocycles. The number of carbonyl (C=O) groups is 2. The highest BCUT2D eigenvalue weighted by molar-refractivity contribution is 7.00. The van der Waals surface area contributed by atoms with Gasteiger partial charge >= 0.3 is 6.03 Å². The molecule has 3 rings (SSSR count). The van der Waals surface area contributed by atoms with Gasteiger partial charge in [0.25, 0.3) is 0 Å². The Bertz CT molecular complexity index is 641. The fourth-order valence-corrected chi connectivity index (χ4v) is 2.48. The van der Waals surface area contributed by atoms with Crippen molar-refractivity contribution in [2.24, 2.45) is 0 Å². The van der Waals surface area contributed by atoms with Crippen molar-refractivity contribution in [3.05, 3.63) is 17.2 Å². The Kier molecular flexibility index (Phi) is 2.23. The van der Waals surface area contributed by atoms with Crippen molar-refractivity contribution in [3.63, 3.8) is 0 Å². The molecular formula is C9H5ClN4O2S. The summed E-state index contributed by atoms with van der Waals surface area (Å²) in [5.74, 6) is -0.355. The molecular weight excluding hydrogens is 264 g/mol. The third kappa shape index (κ3) is 1.55. The number of hydrogen-bond acceptors (Lipinski definition) is 5. The van der Waals surface area contributed by atoms with Gasteiger partial charge in [-0.15, -0.1) is 0 Å². The molecule has 0 radical (unpaired) electrons. The number of nitrogens with zero attached hydrogens (tertiary/aromatic N) is 3. The summed E-state index contributed by atoms with van der Waals surface area (Å²) in [6, 6.07) is 2.87. The molecule has 2 heterocycles. The van der Waals surface area contributed by atoms with Gasteiger partial charge in [-0.2, -0.15) is 8.75 Å². The molecule has 6 nitrogen and oxygen atoms in total. The van der Waals surface area contributed by atoms with Gasteiger partial charge in [-0.05, 0) is 12.1 Å². The molecule has 8 heteroatoms. The topological polar surface area (TPSA) is 75.2 Å². The molecule has 2 aromatic rings. The number of halogens is 1. The summed E-state index contributed by atoms with van der Waals surface area (Å²) < 4.78 is 8.16. The molecule has 3 amide bonds. The Morgan fingerprint density at radius 2 is 2.18 bits per heavy atom. The Hall–Kier alpha value is -1.73. The summed E-state index contributed by atoms with van der Waals surface area (Å²) >= 11 is 7.09. The second-order valence-corrected chi connectivity index (χ2v) is 4.40. The van der Waals surface area contributed by atoms with Crippen LogP contribution in [0.5, 0.6) is 0 Å². The van der Waals surface area contributed by atoms with Crippen molar-refractivity contribution >= 4 is 52.0 Å². The zero-order valence-electron chi connectivity index (χ0n) is 8.31. The van der Waals surface area contributed by atoms with Crippen LogP contribution >= 0.6 is 23.3 Å². The highest BCUT2D eigenvalue weighted by Crippen LogP contribution is 2.34. The molecule has 1 fully saturated rings. The zero-order valence-corrected chi connectivity index (χ0v) is 9.88. The Labute approximate surface area is 104 Å². The lowest BCUT2D eigenvalue weighted by atomic mass is 10.2. The van der Waals surface area contributed by atoms with E-state index in [9.17, 15) is 9.59 Å².